The lowest BCUT2D eigenvalue weighted by molar-refractivity contribution is -0.138. The predicted octanol–water partition coefficient (Wildman–Crippen LogP) is 2.43. The maximum atomic E-state index is 13.7. The number of hydrogen-bond donors (Lipinski definition) is 2. The molecule has 0 atom stereocenters. The van der Waals surface area contributed by atoms with Crippen molar-refractivity contribution in [1.82, 2.24) is 0 Å². The molecule has 0 aliphatic carbocycles. The van der Waals surface area contributed by atoms with E-state index >= 15 is 0 Å². The molecule has 0 aromatic heterocycles. The Labute approximate surface area is 103 Å². The summed E-state index contributed by atoms with van der Waals surface area (Å²) in [6, 6.07) is 0.567. The van der Waals surface area contributed by atoms with Crippen LogP contribution in [0.25, 0.3) is 0 Å². The molecule has 0 unspecified atom stereocenters. The van der Waals surface area contributed by atoms with Gasteiger partial charge in [-0.1, -0.05) is 13.8 Å². The van der Waals surface area contributed by atoms with Gasteiger partial charge in [-0.2, -0.15) is 0 Å². The fraction of sp³-hybridized carbons (Fsp3) is 0.417. The summed E-state index contributed by atoms with van der Waals surface area (Å²) in [5, 5.41) is 18.6. The van der Waals surface area contributed by atoms with Crippen molar-refractivity contribution in [2.24, 2.45) is 0 Å². The molecule has 18 heavy (non-hydrogen) atoms. The lowest BCUT2D eigenvalue weighted by Crippen LogP contribution is -2.23. The summed E-state index contributed by atoms with van der Waals surface area (Å²) in [5.41, 5.74) is -1.47. The molecule has 0 fully saturated rings. The van der Waals surface area contributed by atoms with Crippen molar-refractivity contribution in [2.45, 2.75) is 25.7 Å². The molecule has 100 valence electrons. The van der Waals surface area contributed by atoms with Crippen molar-refractivity contribution in [2.75, 3.05) is 7.11 Å². The van der Waals surface area contributed by atoms with Crippen LogP contribution < -0.4 is 4.74 Å². The third-order valence-electron chi connectivity index (χ3n) is 2.64. The van der Waals surface area contributed by atoms with Crippen molar-refractivity contribution in [1.29, 1.82) is 0 Å². The van der Waals surface area contributed by atoms with Gasteiger partial charge in [0.15, 0.2) is 17.3 Å². The predicted molar refractivity (Wildman–Crippen MR) is 59.9 cm³/mol. The Morgan fingerprint density at radius 2 is 1.94 bits per heavy atom. The number of aromatic hydroxyl groups is 1. The van der Waals surface area contributed by atoms with Crippen LogP contribution in [0, 0.1) is 11.6 Å². The Bertz CT molecular complexity index is 483. The number of methoxy groups -OCH3 is 1. The molecule has 4 nitrogen and oxygen atoms in total. The van der Waals surface area contributed by atoms with E-state index in [2.05, 4.69) is 4.74 Å². The monoisotopic (exact) mass is 260 g/mol. The van der Waals surface area contributed by atoms with Gasteiger partial charge < -0.3 is 14.9 Å². The van der Waals surface area contributed by atoms with E-state index < -0.39 is 40.9 Å². The number of carboxylic acid groups (broad SMARTS) is 1. The number of rotatable bonds is 4. The molecule has 0 aliphatic heterocycles. The highest BCUT2D eigenvalue weighted by molar-refractivity contribution is 5.69. The Morgan fingerprint density at radius 3 is 2.39 bits per heavy atom. The quantitative estimate of drug-likeness (QED) is 0.872. The molecule has 0 bridgehead atoms. The van der Waals surface area contributed by atoms with E-state index in [4.69, 9.17) is 5.11 Å². The lowest BCUT2D eigenvalue weighted by Gasteiger charge is -2.25. The van der Waals surface area contributed by atoms with Gasteiger partial charge in [0.1, 0.15) is 5.82 Å². The SMILES string of the molecule is COc1c(F)cc(F)c(C(C)(C)CC(=O)O)c1O. The number of carboxylic acids is 1. The van der Waals surface area contributed by atoms with E-state index in [-0.39, 0.29) is 5.56 Å². The molecule has 2 N–H and O–H groups in total. The van der Waals surface area contributed by atoms with Gasteiger partial charge in [0.25, 0.3) is 0 Å². The molecule has 0 radical (unpaired) electrons. The van der Waals surface area contributed by atoms with Gasteiger partial charge in [-0.05, 0) is 0 Å². The van der Waals surface area contributed by atoms with E-state index in [0.717, 1.165) is 7.11 Å². The van der Waals surface area contributed by atoms with Crippen molar-refractivity contribution in [3.63, 3.8) is 0 Å². The van der Waals surface area contributed by atoms with E-state index in [0.29, 0.717) is 6.07 Å². The molecular weight excluding hydrogens is 246 g/mol. The Balaban J connectivity index is 3.45. The average molecular weight is 260 g/mol. The van der Waals surface area contributed by atoms with Gasteiger partial charge >= 0.3 is 5.97 Å². The minimum absolute atomic E-state index is 0.275. The molecule has 1 aromatic rings. The molecular formula is C12H14F2O4. The van der Waals surface area contributed by atoms with Crippen molar-refractivity contribution < 1.29 is 28.5 Å². The van der Waals surface area contributed by atoms with E-state index in [1.165, 1.54) is 13.8 Å². The van der Waals surface area contributed by atoms with Crippen LogP contribution in [0.3, 0.4) is 0 Å². The van der Waals surface area contributed by atoms with Gasteiger partial charge in [0.2, 0.25) is 0 Å². The number of benzene rings is 1. The Kier molecular flexibility index (Phi) is 3.79. The minimum atomic E-state index is -1.19. The highest BCUT2D eigenvalue weighted by atomic mass is 19.1. The highest BCUT2D eigenvalue weighted by Crippen LogP contribution is 2.42. The first-order valence-electron chi connectivity index (χ1n) is 5.18. The zero-order valence-corrected chi connectivity index (χ0v) is 10.3. The lowest BCUT2D eigenvalue weighted by atomic mass is 9.80. The summed E-state index contributed by atoms with van der Waals surface area (Å²) in [4.78, 5) is 10.7. The maximum absolute atomic E-state index is 13.7. The molecule has 0 heterocycles. The van der Waals surface area contributed by atoms with Crippen LogP contribution in [0.5, 0.6) is 11.5 Å². The van der Waals surface area contributed by atoms with Gasteiger partial charge in [-0.15, -0.1) is 0 Å². The smallest absolute Gasteiger partial charge is 0.304 e. The number of halogens is 2. The second-order valence-corrected chi connectivity index (χ2v) is 4.55. The Morgan fingerprint density at radius 1 is 1.39 bits per heavy atom. The number of hydrogen-bond acceptors (Lipinski definition) is 3. The zero-order chi connectivity index (χ0) is 14.1. The Hall–Kier alpha value is -1.85. The highest BCUT2D eigenvalue weighted by Gasteiger charge is 2.33. The number of ether oxygens (including phenoxy) is 1. The average Bonchev–Trinajstić information content (AvgIpc) is 2.13. The van der Waals surface area contributed by atoms with Crippen LogP contribution in [0.1, 0.15) is 25.8 Å². The fourth-order valence-electron chi connectivity index (χ4n) is 1.89. The fourth-order valence-corrected chi connectivity index (χ4v) is 1.89. The first-order chi connectivity index (χ1) is 8.20. The summed E-state index contributed by atoms with van der Waals surface area (Å²) in [7, 11) is 1.13. The van der Waals surface area contributed by atoms with Crippen LogP contribution in [0.15, 0.2) is 6.07 Å². The summed E-state index contributed by atoms with van der Waals surface area (Å²) >= 11 is 0. The van der Waals surface area contributed by atoms with E-state index in [1.807, 2.05) is 0 Å². The summed E-state index contributed by atoms with van der Waals surface area (Å²) < 4.78 is 31.7. The van der Waals surface area contributed by atoms with Crippen molar-refractivity contribution in [3.05, 3.63) is 23.3 Å². The second-order valence-electron chi connectivity index (χ2n) is 4.55. The summed E-state index contributed by atoms with van der Waals surface area (Å²) in [5.74, 6) is -4.40. The van der Waals surface area contributed by atoms with Crippen LogP contribution in [0.4, 0.5) is 8.78 Å². The van der Waals surface area contributed by atoms with Gasteiger partial charge in [0.05, 0.1) is 13.5 Å². The third kappa shape index (κ3) is 2.52. The van der Waals surface area contributed by atoms with Gasteiger partial charge in [-0.25, -0.2) is 8.78 Å². The third-order valence-corrected chi connectivity index (χ3v) is 2.64. The first-order valence-corrected chi connectivity index (χ1v) is 5.18. The topological polar surface area (TPSA) is 66.8 Å². The molecule has 1 rings (SSSR count). The van der Waals surface area contributed by atoms with Crippen LogP contribution in [-0.4, -0.2) is 23.3 Å². The molecule has 0 saturated carbocycles. The van der Waals surface area contributed by atoms with Crippen LogP contribution >= 0.6 is 0 Å². The van der Waals surface area contributed by atoms with Gasteiger partial charge in [-0.3, -0.25) is 4.79 Å². The number of phenolic OH excluding ortho intramolecular Hbond substituents is 1. The molecule has 6 heteroatoms. The largest absolute Gasteiger partial charge is 0.504 e. The maximum Gasteiger partial charge on any atom is 0.304 e. The van der Waals surface area contributed by atoms with Gasteiger partial charge in [0, 0.05) is 17.0 Å². The molecule has 0 spiro atoms. The molecule has 0 saturated heterocycles. The van der Waals surface area contributed by atoms with Crippen LogP contribution in [-0.2, 0) is 10.2 Å². The minimum Gasteiger partial charge on any atom is -0.504 e. The molecule has 0 aliphatic rings. The van der Waals surface area contributed by atoms with Crippen molar-refractivity contribution >= 4 is 5.97 Å². The van der Waals surface area contributed by atoms with Crippen molar-refractivity contribution in [3.8, 4) is 11.5 Å². The van der Waals surface area contributed by atoms with E-state index in [1.54, 1.807) is 0 Å². The summed E-state index contributed by atoms with van der Waals surface area (Å²) in [6.07, 6.45) is -0.410. The number of aliphatic carboxylic acids is 1. The number of phenols is 1. The zero-order valence-electron chi connectivity index (χ0n) is 10.3. The first kappa shape index (κ1) is 14.2. The normalized spacial score (nSPS) is 11.4. The molecule has 0 amide bonds. The van der Waals surface area contributed by atoms with Crippen LogP contribution in [0.2, 0.25) is 0 Å². The standard InChI is InChI=1S/C12H14F2O4/c1-12(2,5-8(15)16)9-6(13)4-7(14)11(18-3)10(9)17/h4,17H,5H2,1-3H3,(H,15,16). The summed E-state index contributed by atoms with van der Waals surface area (Å²) in [6.45, 7) is 2.88. The van der Waals surface area contributed by atoms with E-state index in [9.17, 15) is 18.7 Å². The second kappa shape index (κ2) is 4.80. The molecule has 1 aromatic carbocycles. The number of carbonyl (C=O) groups is 1.